The molecule has 0 aliphatic carbocycles. The molecule has 0 radical (unpaired) electrons. The number of halogens is 1. The minimum absolute atomic E-state index is 1.25. The summed E-state index contributed by atoms with van der Waals surface area (Å²) in [4.78, 5) is 0. The number of hydrogen-bond acceptors (Lipinski definition) is 0. The summed E-state index contributed by atoms with van der Waals surface area (Å²) in [5.41, 5.74) is 5.18. The van der Waals surface area contributed by atoms with E-state index in [1.807, 2.05) is 0 Å². The first-order valence-electron chi connectivity index (χ1n) is 10.5. The van der Waals surface area contributed by atoms with Crippen LogP contribution in [0.4, 0.5) is 0 Å². The van der Waals surface area contributed by atoms with Crippen LogP contribution < -0.4 is 0 Å². The van der Waals surface area contributed by atoms with Gasteiger partial charge in [-0.1, -0.05) is 103 Å². The maximum Gasteiger partial charge on any atom is 0.0130 e. The van der Waals surface area contributed by atoms with Crippen molar-refractivity contribution in [3.63, 3.8) is 0 Å². The summed E-state index contributed by atoms with van der Waals surface area (Å²) in [5.74, 6) is 0. The van der Waals surface area contributed by atoms with Crippen LogP contribution in [-0.2, 0) is 0 Å². The summed E-state index contributed by atoms with van der Waals surface area (Å²) in [6.07, 6.45) is 0. The zero-order valence-corrected chi connectivity index (χ0v) is 19.0. The van der Waals surface area contributed by atoms with Crippen LogP contribution >= 0.6 is 22.6 Å². The molecule has 0 fully saturated rings. The Morgan fingerprint density at radius 3 is 1.48 bits per heavy atom. The Kier molecular flexibility index (Phi) is 4.50. The molecule has 0 amide bonds. The predicted molar refractivity (Wildman–Crippen MR) is 143 cm³/mol. The summed E-state index contributed by atoms with van der Waals surface area (Å²) in [6, 6.07) is 41.9. The highest BCUT2D eigenvalue weighted by atomic mass is 127. The van der Waals surface area contributed by atoms with Crippen LogP contribution in [0.5, 0.6) is 0 Å². The van der Waals surface area contributed by atoms with E-state index in [9.17, 15) is 0 Å². The van der Waals surface area contributed by atoms with E-state index < -0.39 is 0 Å². The van der Waals surface area contributed by atoms with Crippen molar-refractivity contribution >= 4 is 54.9 Å². The van der Waals surface area contributed by atoms with Crippen molar-refractivity contribution in [1.29, 1.82) is 0 Å². The van der Waals surface area contributed by atoms with Gasteiger partial charge in [-0.3, -0.25) is 0 Å². The van der Waals surface area contributed by atoms with E-state index in [0.717, 1.165) is 0 Å². The average Bonchev–Trinajstić information content (AvgIpc) is 2.83. The van der Waals surface area contributed by atoms with Crippen molar-refractivity contribution in [2.45, 2.75) is 0 Å². The van der Waals surface area contributed by atoms with E-state index >= 15 is 0 Å². The molecule has 0 N–H and O–H groups in total. The molecular weight excluding hydrogens is 487 g/mol. The first-order chi connectivity index (χ1) is 15.3. The summed E-state index contributed by atoms with van der Waals surface area (Å²) in [7, 11) is 0. The predicted octanol–water partition coefficient (Wildman–Crippen LogP) is 9.08. The minimum atomic E-state index is 1.25. The van der Waals surface area contributed by atoms with Crippen molar-refractivity contribution < 1.29 is 0 Å². The van der Waals surface area contributed by atoms with Gasteiger partial charge in [-0.25, -0.2) is 0 Å². The molecule has 146 valence electrons. The lowest BCUT2D eigenvalue weighted by Crippen LogP contribution is -1.91. The summed E-state index contributed by atoms with van der Waals surface area (Å²) < 4.78 is 1.25. The third-order valence-corrected chi connectivity index (χ3v) is 6.84. The molecule has 0 atom stereocenters. The Hall–Kier alpha value is -3.17. The SMILES string of the molecule is Ic1ccc(-c2c3ccccc3c(-c3cccc4ccccc34)c3ccccc23)cc1. The smallest absolute Gasteiger partial charge is 0.0130 e. The van der Waals surface area contributed by atoms with Gasteiger partial charge in [-0.05, 0) is 89.3 Å². The Morgan fingerprint density at radius 2 is 0.871 bits per heavy atom. The van der Waals surface area contributed by atoms with Crippen LogP contribution in [0.15, 0.2) is 115 Å². The molecule has 0 bridgehead atoms. The van der Waals surface area contributed by atoms with Gasteiger partial charge in [0.15, 0.2) is 0 Å². The fraction of sp³-hybridized carbons (Fsp3) is 0. The maximum atomic E-state index is 2.37. The quantitative estimate of drug-likeness (QED) is 0.162. The summed E-state index contributed by atoms with van der Waals surface area (Å²) in [6.45, 7) is 0. The molecule has 31 heavy (non-hydrogen) atoms. The van der Waals surface area contributed by atoms with Crippen LogP contribution in [0.1, 0.15) is 0 Å². The summed E-state index contributed by atoms with van der Waals surface area (Å²) >= 11 is 2.37. The van der Waals surface area contributed by atoms with Crippen molar-refractivity contribution in [1.82, 2.24) is 0 Å². The highest BCUT2D eigenvalue weighted by Crippen LogP contribution is 2.45. The van der Waals surface area contributed by atoms with Gasteiger partial charge in [0.2, 0.25) is 0 Å². The standard InChI is InChI=1S/C30H19I/c31-22-18-16-21(17-19-22)29-25-11-3-5-13-27(25)30(28-14-6-4-12-26(28)29)24-15-7-9-20-8-1-2-10-23(20)24/h1-19H. The fourth-order valence-electron chi connectivity index (χ4n) is 4.79. The zero-order chi connectivity index (χ0) is 20.8. The number of fused-ring (bicyclic) bond motifs is 3. The topological polar surface area (TPSA) is 0 Å². The lowest BCUT2D eigenvalue weighted by molar-refractivity contribution is 1.63. The third kappa shape index (κ3) is 3.03. The number of rotatable bonds is 2. The molecule has 0 saturated carbocycles. The average molecular weight is 506 g/mol. The number of hydrogen-bond donors (Lipinski definition) is 0. The molecular formula is C30H19I. The zero-order valence-electron chi connectivity index (χ0n) is 16.8. The normalized spacial score (nSPS) is 11.4. The van der Waals surface area contributed by atoms with Crippen molar-refractivity contribution in [2.24, 2.45) is 0 Å². The van der Waals surface area contributed by atoms with Gasteiger partial charge < -0.3 is 0 Å². The van der Waals surface area contributed by atoms with Gasteiger partial charge in [0.1, 0.15) is 0 Å². The molecule has 0 aliphatic rings. The molecule has 1 heteroatoms. The Labute approximate surface area is 195 Å². The Morgan fingerprint density at radius 1 is 0.387 bits per heavy atom. The van der Waals surface area contributed by atoms with Gasteiger partial charge in [0, 0.05) is 3.57 Å². The van der Waals surface area contributed by atoms with Crippen LogP contribution in [-0.4, -0.2) is 0 Å². The molecule has 6 aromatic carbocycles. The number of benzene rings is 6. The van der Waals surface area contributed by atoms with Gasteiger partial charge in [-0.2, -0.15) is 0 Å². The van der Waals surface area contributed by atoms with Crippen LogP contribution in [0, 0.1) is 3.57 Å². The highest BCUT2D eigenvalue weighted by molar-refractivity contribution is 14.1. The molecule has 0 saturated heterocycles. The van der Waals surface area contributed by atoms with Crippen LogP contribution in [0.3, 0.4) is 0 Å². The largest absolute Gasteiger partial charge is 0.0616 e. The first-order valence-corrected chi connectivity index (χ1v) is 11.6. The van der Waals surface area contributed by atoms with E-state index in [1.54, 1.807) is 0 Å². The molecule has 6 aromatic rings. The molecule has 0 aliphatic heterocycles. The Bertz CT molecular complexity index is 1510. The van der Waals surface area contributed by atoms with Gasteiger partial charge >= 0.3 is 0 Å². The minimum Gasteiger partial charge on any atom is -0.0616 e. The lowest BCUT2D eigenvalue weighted by atomic mass is 9.85. The van der Waals surface area contributed by atoms with E-state index in [4.69, 9.17) is 0 Å². The van der Waals surface area contributed by atoms with E-state index in [1.165, 1.54) is 58.1 Å². The summed E-state index contributed by atoms with van der Waals surface area (Å²) in [5, 5.41) is 7.75. The fourth-order valence-corrected chi connectivity index (χ4v) is 5.15. The van der Waals surface area contributed by atoms with Crippen molar-refractivity contribution in [2.75, 3.05) is 0 Å². The van der Waals surface area contributed by atoms with Gasteiger partial charge in [0.05, 0.1) is 0 Å². The second-order valence-corrected chi connectivity index (χ2v) is 9.12. The third-order valence-electron chi connectivity index (χ3n) is 6.12. The molecule has 0 nitrogen and oxygen atoms in total. The monoisotopic (exact) mass is 506 g/mol. The first kappa shape index (κ1) is 18.6. The van der Waals surface area contributed by atoms with E-state index in [0.29, 0.717) is 0 Å². The van der Waals surface area contributed by atoms with Crippen molar-refractivity contribution in [3.8, 4) is 22.3 Å². The Balaban J connectivity index is 1.82. The molecule has 0 heterocycles. The second kappa shape index (κ2) is 7.51. The molecule has 0 unspecified atom stereocenters. The van der Waals surface area contributed by atoms with Crippen LogP contribution in [0.25, 0.3) is 54.6 Å². The molecule has 0 aromatic heterocycles. The van der Waals surface area contributed by atoms with Crippen molar-refractivity contribution in [3.05, 3.63) is 119 Å². The van der Waals surface area contributed by atoms with E-state index in [2.05, 4.69) is 138 Å². The van der Waals surface area contributed by atoms with Gasteiger partial charge in [0.25, 0.3) is 0 Å². The molecule has 6 rings (SSSR count). The highest BCUT2D eigenvalue weighted by Gasteiger charge is 2.17. The van der Waals surface area contributed by atoms with E-state index in [-0.39, 0.29) is 0 Å². The van der Waals surface area contributed by atoms with Gasteiger partial charge in [-0.15, -0.1) is 0 Å². The maximum absolute atomic E-state index is 2.37. The lowest BCUT2D eigenvalue weighted by Gasteiger charge is -2.18. The van der Waals surface area contributed by atoms with Crippen LogP contribution in [0.2, 0.25) is 0 Å². The second-order valence-electron chi connectivity index (χ2n) is 7.87. The molecule has 0 spiro atoms.